The van der Waals surface area contributed by atoms with Gasteiger partial charge in [-0.15, -0.1) is 0 Å². The van der Waals surface area contributed by atoms with Crippen LogP contribution in [0.2, 0.25) is 0 Å². The van der Waals surface area contributed by atoms with Crippen molar-refractivity contribution in [1.82, 2.24) is 0 Å². The lowest BCUT2D eigenvalue weighted by atomic mass is 9.76. The molecule has 2 rings (SSSR count). The predicted molar refractivity (Wildman–Crippen MR) is 105 cm³/mol. The Morgan fingerprint density at radius 3 is 1.85 bits per heavy atom. The van der Waals surface area contributed by atoms with Crippen molar-refractivity contribution in [2.24, 2.45) is 0 Å². The van der Waals surface area contributed by atoms with E-state index >= 15 is 0 Å². The molecule has 2 aliphatic heterocycles. The average molecular weight is 494 g/mol. The van der Waals surface area contributed by atoms with Crippen molar-refractivity contribution in [3.63, 3.8) is 0 Å². The van der Waals surface area contributed by atoms with E-state index in [1.807, 2.05) is 0 Å². The van der Waals surface area contributed by atoms with Gasteiger partial charge in [0.1, 0.15) is 37.1 Å². The van der Waals surface area contributed by atoms with Gasteiger partial charge in [0.15, 0.2) is 17.8 Å². The zero-order chi connectivity index (χ0) is 26.0. The number of carbonyl (C=O) groups excluding carboxylic acids is 4. The Morgan fingerprint density at radius 1 is 0.794 bits per heavy atom. The largest absolute Gasteiger partial charge is 0.463 e. The summed E-state index contributed by atoms with van der Waals surface area (Å²) in [5, 5.41) is 42.8. The summed E-state index contributed by atoms with van der Waals surface area (Å²) >= 11 is 0. The third-order valence-electron chi connectivity index (χ3n) is 5.42. The van der Waals surface area contributed by atoms with Crippen LogP contribution < -0.4 is 0 Å². The average Bonchev–Trinajstić information content (AvgIpc) is 2.71. The second-order valence-electron chi connectivity index (χ2n) is 8.14. The van der Waals surface area contributed by atoms with Crippen LogP contribution in [0.15, 0.2) is 0 Å². The summed E-state index contributed by atoms with van der Waals surface area (Å²) in [4.78, 5) is 47.0. The third-order valence-corrected chi connectivity index (χ3v) is 5.42. The van der Waals surface area contributed by atoms with Gasteiger partial charge in [-0.25, -0.2) is 0 Å². The highest BCUT2D eigenvalue weighted by atomic mass is 16.7. The van der Waals surface area contributed by atoms with Gasteiger partial charge in [-0.2, -0.15) is 0 Å². The first kappa shape index (κ1) is 27.9. The fourth-order valence-electron chi connectivity index (χ4n) is 3.94. The summed E-state index contributed by atoms with van der Waals surface area (Å²) in [5.41, 5.74) is -2.78. The quantitative estimate of drug-likeness (QED) is 0.219. The number of aliphatic hydroxyl groups is 4. The first-order valence-corrected chi connectivity index (χ1v) is 10.4. The monoisotopic (exact) mass is 494 g/mol. The molecule has 194 valence electrons. The van der Waals surface area contributed by atoms with Crippen LogP contribution in [-0.4, -0.2) is 112 Å². The van der Waals surface area contributed by atoms with Gasteiger partial charge in [-0.05, 0) is 6.92 Å². The van der Waals surface area contributed by atoms with E-state index in [2.05, 4.69) is 0 Å². The van der Waals surface area contributed by atoms with E-state index in [-0.39, 0.29) is 0 Å². The minimum atomic E-state index is -2.78. The van der Waals surface area contributed by atoms with Crippen molar-refractivity contribution < 1.29 is 68.0 Å². The first-order valence-electron chi connectivity index (χ1n) is 10.4. The molecule has 2 fully saturated rings. The maximum absolute atomic E-state index is 12.0. The van der Waals surface area contributed by atoms with Gasteiger partial charge in [0.2, 0.25) is 6.29 Å². The standard InChI is InChI=1S/C20H30O14/c1-7-13(25)14(26)15(27)17(30-7)20(28)18(32-10(4)23)16(31-9(3)22)12(6-29-8(2)21)34-19(20)33-11(5)24/h7,12-19,25-28H,6H2,1-5H3/t7-,12+,13+,14+,15-,16-,17+,18-,19-,20+/m0/s1. The van der Waals surface area contributed by atoms with Crippen LogP contribution in [0.3, 0.4) is 0 Å². The molecular weight excluding hydrogens is 464 g/mol. The second-order valence-corrected chi connectivity index (χ2v) is 8.14. The molecule has 10 atom stereocenters. The van der Waals surface area contributed by atoms with Gasteiger partial charge in [-0.3, -0.25) is 19.2 Å². The van der Waals surface area contributed by atoms with Crippen molar-refractivity contribution in [2.75, 3.05) is 6.61 Å². The zero-order valence-electron chi connectivity index (χ0n) is 19.3. The van der Waals surface area contributed by atoms with Crippen LogP contribution in [0.1, 0.15) is 34.6 Å². The summed E-state index contributed by atoms with van der Waals surface area (Å²) in [6.45, 7) is 4.82. The Hall–Kier alpha value is -2.36. The minimum absolute atomic E-state index is 0.565. The molecule has 0 radical (unpaired) electrons. The SMILES string of the molecule is CC(=O)OC[C@H]1O[C@H](OC(C)=O)[C@@](O)([C@@H]2O[C@@H](C)[C@@H](O)[C@@H](O)[C@@H]2O)[C@@H](OC(C)=O)[C@H]1OC(C)=O. The molecule has 34 heavy (non-hydrogen) atoms. The molecule has 0 aromatic heterocycles. The number of aliphatic hydroxyl groups excluding tert-OH is 3. The van der Waals surface area contributed by atoms with Crippen LogP contribution in [0.25, 0.3) is 0 Å². The summed E-state index contributed by atoms with van der Waals surface area (Å²) in [6.07, 6.45) is -15.4. The van der Waals surface area contributed by atoms with Crippen molar-refractivity contribution >= 4 is 23.9 Å². The Morgan fingerprint density at radius 2 is 1.35 bits per heavy atom. The van der Waals surface area contributed by atoms with Gasteiger partial charge in [0.05, 0.1) is 6.10 Å². The highest BCUT2D eigenvalue weighted by Gasteiger charge is 2.68. The number of hydrogen-bond acceptors (Lipinski definition) is 14. The van der Waals surface area contributed by atoms with E-state index in [0.717, 1.165) is 27.7 Å². The molecule has 2 heterocycles. The van der Waals surface area contributed by atoms with Gasteiger partial charge < -0.3 is 48.8 Å². The Balaban J connectivity index is 2.65. The van der Waals surface area contributed by atoms with Crippen molar-refractivity contribution in [3.8, 4) is 0 Å². The smallest absolute Gasteiger partial charge is 0.305 e. The normalized spacial score (nSPS) is 40.1. The lowest BCUT2D eigenvalue weighted by Crippen LogP contribution is -2.77. The van der Waals surface area contributed by atoms with Crippen LogP contribution in [0, 0.1) is 0 Å². The Labute approximate surface area is 194 Å². The lowest BCUT2D eigenvalue weighted by molar-refractivity contribution is -0.377. The minimum Gasteiger partial charge on any atom is -0.463 e. The fourth-order valence-corrected chi connectivity index (χ4v) is 3.94. The summed E-state index contributed by atoms with van der Waals surface area (Å²) in [7, 11) is 0. The number of rotatable bonds is 6. The molecular formula is C20H30O14. The zero-order valence-corrected chi connectivity index (χ0v) is 19.3. The number of carbonyl (C=O) groups is 4. The topological polar surface area (TPSA) is 205 Å². The molecule has 4 N–H and O–H groups in total. The van der Waals surface area contributed by atoms with E-state index in [4.69, 9.17) is 28.4 Å². The number of hydrogen-bond donors (Lipinski definition) is 4. The van der Waals surface area contributed by atoms with Gasteiger partial charge >= 0.3 is 23.9 Å². The Bertz CT molecular complexity index is 785. The maximum atomic E-state index is 12.0. The highest BCUT2D eigenvalue weighted by molar-refractivity contribution is 5.68. The predicted octanol–water partition coefficient (Wildman–Crippen LogP) is -2.70. The molecule has 2 saturated heterocycles. The molecule has 0 bridgehead atoms. The molecule has 0 saturated carbocycles. The van der Waals surface area contributed by atoms with E-state index in [1.165, 1.54) is 6.92 Å². The van der Waals surface area contributed by atoms with Crippen LogP contribution >= 0.6 is 0 Å². The van der Waals surface area contributed by atoms with E-state index in [0.29, 0.717) is 0 Å². The van der Waals surface area contributed by atoms with Gasteiger partial charge in [0.25, 0.3) is 0 Å². The van der Waals surface area contributed by atoms with Crippen molar-refractivity contribution in [1.29, 1.82) is 0 Å². The molecule has 2 aliphatic rings. The third kappa shape index (κ3) is 5.82. The van der Waals surface area contributed by atoms with Crippen molar-refractivity contribution in [2.45, 2.75) is 95.3 Å². The number of ether oxygens (including phenoxy) is 6. The second kappa shape index (κ2) is 10.9. The lowest BCUT2D eigenvalue weighted by Gasteiger charge is -2.54. The van der Waals surface area contributed by atoms with Crippen molar-refractivity contribution in [3.05, 3.63) is 0 Å². The summed E-state index contributed by atoms with van der Waals surface area (Å²) in [5.74, 6) is -3.59. The summed E-state index contributed by atoms with van der Waals surface area (Å²) < 4.78 is 31.6. The fraction of sp³-hybridized carbons (Fsp3) is 0.800. The molecule has 0 spiro atoms. The molecule has 0 aromatic carbocycles. The van der Waals surface area contributed by atoms with E-state index < -0.39 is 91.2 Å². The Kier molecular flexibility index (Phi) is 8.96. The highest BCUT2D eigenvalue weighted by Crippen LogP contribution is 2.42. The first-order chi connectivity index (χ1) is 15.7. The molecule has 0 aromatic rings. The van der Waals surface area contributed by atoms with Gasteiger partial charge in [-0.1, -0.05) is 0 Å². The molecule has 0 amide bonds. The van der Waals surface area contributed by atoms with Crippen LogP contribution in [0.5, 0.6) is 0 Å². The van der Waals surface area contributed by atoms with E-state index in [1.54, 1.807) is 0 Å². The van der Waals surface area contributed by atoms with Crippen LogP contribution in [0.4, 0.5) is 0 Å². The van der Waals surface area contributed by atoms with Crippen LogP contribution in [-0.2, 0) is 47.6 Å². The molecule has 0 unspecified atom stereocenters. The molecule has 14 nitrogen and oxygen atoms in total. The number of esters is 4. The molecule has 0 aliphatic carbocycles. The molecule has 14 heteroatoms. The van der Waals surface area contributed by atoms with Gasteiger partial charge in [0, 0.05) is 27.7 Å². The maximum Gasteiger partial charge on any atom is 0.305 e. The van der Waals surface area contributed by atoms with E-state index in [9.17, 15) is 39.6 Å². The summed E-state index contributed by atoms with van der Waals surface area (Å²) in [6, 6.07) is 0.